The van der Waals surface area contributed by atoms with Gasteiger partial charge >= 0.3 is 6.18 Å². The Kier molecular flexibility index (Phi) is 3.97. The summed E-state index contributed by atoms with van der Waals surface area (Å²) in [5.41, 5.74) is 5.62. The topological polar surface area (TPSA) is 29.3 Å². The Morgan fingerprint density at radius 1 is 1.14 bits per heavy atom. The van der Waals surface area contributed by atoms with E-state index < -0.39 is 11.7 Å². The van der Waals surface area contributed by atoms with Crippen LogP contribution in [-0.2, 0) is 6.18 Å². The third kappa shape index (κ3) is 2.81. The minimum atomic E-state index is -4.32. The Bertz CT molecular complexity index is 489. The zero-order chi connectivity index (χ0) is 15.0. The van der Waals surface area contributed by atoms with Gasteiger partial charge in [-0.1, -0.05) is 24.6 Å². The molecule has 2 aliphatic rings. The Balaban J connectivity index is 1.87. The van der Waals surface area contributed by atoms with Gasteiger partial charge in [-0.3, -0.25) is 4.90 Å². The molecule has 21 heavy (non-hydrogen) atoms. The highest BCUT2D eigenvalue weighted by atomic mass is 19.4. The van der Waals surface area contributed by atoms with Gasteiger partial charge in [0.25, 0.3) is 0 Å². The number of rotatable bonds is 3. The monoisotopic (exact) mass is 298 g/mol. The number of likely N-dealkylation sites (tertiary alicyclic amines) is 1. The lowest BCUT2D eigenvalue weighted by molar-refractivity contribution is -0.138. The number of halogens is 3. The van der Waals surface area contributed by atoms with Gasteiger partial charge in [0, 0.05) is 25.7 Å². The smallest absolute Gasteiger partial charge is 0.329 e. The normalized spacial score (nSPS) is 27.8. The van der Waals surface area contributed by atoms with E-state index in [2.05, 4.69) is 4.90 Å². The second-order valence-electron chi connectivity index (χ2n) is 6.24. The summed E-state index contributed by atoms with van der Waals surface area (Å²) in [4.78, 5) is 2.17. The highest BCUT2D eigenvalue weighted by Crippen LogP contribution is 2.42. The number of nitrogens with zero attached hydrogens (tertiary/aromatic N) is 1. The van der Waals surface area contributed by atoms with E-state index in [0.29, 0.717) is 17.4 Å². The van der Waals surface area contributed by atoms with Gasteiger partial charge in [0.15, 0.2) is 0 Å². The molecule has 2 N–H and O–H groups in total. The zero-order valence-electron chi connectivity index (χ0n) is 11.9. The van der Waals surface area contributed by atoms with Crippen molar-refractivity contribution in [2.45, 2.75) is 31.5 Å². The fourth-order valence-corrected chi connectivity index (χ4v) is 4.04. The average Bonchev–Trinajstić information content (AvgIpc) is 3.00. The van der Waals surface area contributed by atoms with Gasteiger partial charge in [-0.2, -0.15) is 13.2 Å². The Morgan fingerprint density at radius 3 is 2.33 bits per heavy atom. The molecule has 116 valence electrons. The molecule has 1 aliphatic heterocycles. The molecule has 1 aromatic rings. The fraction of sp³-hybridized carbons (Fsp3) is 0.625. The molecule has 1 aliphatic carbocycles. The van der Waals surface area contributed by atoms with Crippen LogP contribution in [0.4, 0.5) is 13.2 Å². The van der Waals surface area contributed by atoms with Crippen LogP contribution in [0.5, 0.6) is 0 Å². The van der Waals surface area contributed by atoms with Gasteiger partial charge in [0.1, 0.15) is 0 Å². The van der Waals surface area contributed by atoms with E-state index >= 15 is 0 Å². The molecule has 1 aromatic carbocycles. The van der Waals surface area contributed by atoms with Crippen LogP contribution in [0.25, 0.3) is 0 Å². The molecule has 0 radical (unpaired) electrons. The highest BCUT2D eigenvalue weighted by molar-refractivity contribution is 5.33. The predicted octanol–water partition coefficient (Wildman–Crippen LogP) is 3.44. The van der Waals surface area contributed by atoms with Crippen molar-refractivity contribution in [1.82, 2.24) is 4.90 Å². The van der Waals surface area contributed by atoms with Gasteiger partial charge in [0.2, 0.25) is 0 Å². The molecule has 3 atom stereocenters. The second kappa shape index (κ2) is 5.61. The van der Waals surface area contributed by atoms with Crippen LogP contribution < -0.4 is 5.73 Å². The second-order valence-corrected chi connectivity index (χ2v) is 6.24. The molecule has 0 bridgehead atoms. The summed E-state index contributed by atoms with van der Waals surface area (Å²) in [6.45, 7) is 2.00. The molecule has 0 aromatic heterocycles. The summed E-state index contributed by atoms with van der Waals surface area (Å²) in [6.07, 6.45) is -0.645. The highest BCUT2D eigenvalue weighted by Gasteiger charge is 2.41. The maximum atomic E-state index is 13.2. The minimum Gasteiger partial charge on any atom is -0.329 e. The minimum absolute atomic E-state index is 0.229. The predicted molar refractivity (Wildman–Crippen MR) is 75.6 cm³/mol. The van der Waals surface area contributed by atoms with Crippen LogP contribution in [0.15, 0.2) is 24.3 Å². The fourth-order valence-electron chi connectivity index (χ4n) is 4.04. The standard InChI is InChI=1S/C16H21F3N2/c17-16(18,19)14-7-2-1-6-13(14)15(8-20)21-9-11-4-3-5-12(11)10-21/h1-2,6-7,11-12,15H,3-5,8-10,20H2. The molecular formula is C16H21F3N2. The lowest BCUT2D eigenvalue weighted by Crippen LogP contribution is -2.34. The van der Waals surface area contributed by atoms with Gasteiger partial charge in [-0.15, -0.1) is 0 Å². The van der Waals surface area contributed by atoms with Crippen LogP contribution >= 0.6 is 0 Å². The zero-order valence-corrected chi connectivity index (χ0v) is 11.9. The van der Waals surface area contributed by atoms with Crippen LogP contribution in [0, 0.1) is 11.8 Å². The number of fused-ring (bicyclic) bond motifs is 1. The molecule has 1 saturated heterocycles. The molecule has 0 amide bonds. The van der Waals surface area contributed by atoms with Crippen molar-refractivity contribution in [1.29, 1.82) is 0 Å². The number of nitrogens with two attached hydrogens (primary N) is 1. The molecule has 3 rings (SSSR count). The molecular weight excluding hydrogens is 277 g/mol. The SMILES string of the molecule is NCC(c1ccccc1C(F)(F)F)N1CC2CCCC2C1. The van der Waals surface area contributed by atoms with E-state index in [1.165, 1.54) is 25.3 Å². The van der Waals surface area contributed by atoms with Gasteiger partial charge in [0.05, 0.1) is 5.56 Å². The first kappa shape index (κ1) is 14.9. The van der Waals surface area contributed by atoms with Crippen molar-refractivity contribution in [2.24, 2.45) is 17.6 Å². The van der Waals surface area contributed by atoms with Crippen molar-refractivity contribution in [3.63, 3.8) is 0 Å². The van der Waals surface area contributed by atoms with Gasteiger partial charge in [-0.25, -0.2) is 0 Å². The summed E-state index contributed by atoms with van der Waals surface area (Å²) < 4.78 is 39.6. The Morgan fingerprint density at radius 2 is 1.76 bits per heavy atom. The first-order valence-electron chi connectivity index (χ1n) is 7.61. The number of hydrogen-bond donors (Lipinski definition) is 1. The van der Waals surface area contributed by atoms with E-state index in [1.807, 2.05) is 0 Å². The molecule has 1 heterocycles. The molecule has 1 saturated carbocycles. The van der Waals surface area contributed by atoms with Crippen molar-refractivity contribution in [2.75, 3.05) is 19.6 Å². The van der Waals surface area contributed by atoms with Crippen molar-refractivity contribution in [3.05, 3.63) is 35.4 Å². The summed E-state index contributed by atoms with van der Waals surface area (Å²) >= 11 is 0. The van der Waals surface area contributed by atoms with Crippen molar-refractivity contribution in [3.8, 4) is 0 Å². The Labute approximate surface area is 123 Å². The maximum Gasteiger partial charge on any atom is 0.416 e. The summed E-state index contributed by atoms with van der Waals surface area (Å²) in [7, 11) is 0. The summed E-state index contributed by atoms with van der Waals surface area (Å²) in [5.74, 6) is 1.30. The molecule has 5 heteroatoms. The average molecular weight is 298 g/mol. The van der Waals surface area contributed by atoms with E-state index in [4.69, 9.17) is 5.73 Å². The van der Waals surface area contributed by atoms with E-state index in [-0.39, 0.29) is 12.6 Å². The van der Waals surface area contributed by atoms with Gasteiger partial charge in [-0.05, 0) is 36.3 Å². The van der Waals surface area contributed by atoms with E-state index in [9.17, 15) is 13.2 Å². The number of hydrogen-bond acceptors (Lipinski definition) is 2. The summed E-state index contributed by atoms with van der Waals surface area (Å²) in [5, 5.41) is 0. The molecule has 3 unspecified atom stereocenters. The largest absolute Gasteiger partial charge is 0.416 e. The molecule has 0 spiro atoms. The Hall–Kier alpha value is -1.07. The lowest BCUT2D eigenvalue weighted by atomic mass is 9.98. The molecule has 2 nitrogen and oxygen atoms in total. The van der Waals surface area contributed by atoms with Crippen LogP contribution in [0.1, 0.15) is 36.4 Å². The molecule has 2 fully saturated rings. The van der Waals surface area contributed by atoms with Crippen LogP contribution in [0.2, 0.25) is 0 Å². The van der Waals surface area contributed by atoms with E-state index in [1.54, 1.807) is 12.1 Å². The number of alkyl halides is 3. The van der Waals surface area contributed by atoms with Crippen molar-refractivity contribution >= 4 is 0 Å². The van der Waals surface area contributed by atoms with Crippen LogP contribution in [-0.4, -0.2) is 24.5 Å². The summed E-state index contributed by atoms with van der Waals surface area (Å²) in [6, 6.07) is 5.53. The van der Waals surface area contributed by atoms with Crippen molar-refractivity contribution < 1.29 is 13.2 Å². The number of benzene rings is 1. The lowest BCUT2D eigenvalue weighted by Gasteiger charge is -2.30. The van der Waals surface area contributed by atoms with E-state index in [0.717, 1.165) is 19.2 Å². The first-order chi connectivity index (χ1) is 10.0. The third-order valence-electron chi connectivity index (χ3n) is 5.04. The van der Waals surface area contributed by atoms with Crippen LogP contribution in [0.3, 0.4) is 0 Å². The maximum absolute atomic E-state index is 13.2. The quantitative estimate of drug-likeness (QED) is 0.926. The third-order valence-corrected chi connectivity index (χ3v) is 5.04. The first-order valence-corrected chi connectivity index (χ1v) is 7.61. The van der Waals surface area contributed by atoms with Gasteiger partial charge < -0.3 is 5.73 Å².